The summed E-state index contributed by atoms with van der Waals surface area (Å²) in [6, 6.07) is 6.96. The van der Waals surface area contributed by atoms with Gasteiger partial charge in [-0.05, 0) is 19.1 Å². The number of rotatable bonds is 1. The summed E-state index contributed by atoms with van der Waals surface area (Å²) in [7, 11) is 0. The summed E-state index contributed by atoms with van der Waals surface area (Å²) in [5.41, 5.74) is 2.19. The number of hydrogen-bond acceptors (Lipinski definition) is 3. The number of carbonyl (C=O) groups excluding carboxylic acids is 2. The van der Waals surface area contributed by atoms with E-state index in [-0.39, 0.29) is 11.8 Å². The highest BCUT2D eigenvalue weighted by atomic mass is 16.2. The monoisotopic (exact) mass is 228 g/mol. The Balaban J connectivity index is 1.96. The van der Waals surface area contributed by atoms with Crippen LogP contribution in [0.5, 0.6) is 0 Å². The van der Waals surface area contributed by atoms with Crippen LogP contribution in [0, 0.1) is 0 Å². The zero-order valence-electron chi connectivity index (χ0n) is 9.51. The molecule has 0 unspecified atom stereocenters. The molecule has 4 nitrogen and oxygen atoms in total. The van der Waals surface area contributed by atoms with Gasteiger partial charge in [-0.1, -0.05) is 23.8 Å². The van der Waals surface area contributed by atoms with E-state index in [1.807, 2.05) is 13.0 Å². The second-order valence-corrected chi connectivity index (χ2v) is 4.37. The fourth-order valence-corrected chi connectivity index (χ4v) is 2.26. The molecular formula is C13H12N2O2. The predicted octanol–water partition coefficient (Wildman–Crippen LogP) is 1.46. The summed E-state index contributed by atoms with van der Waals surface area (Å²) < 4.78 is 0. The zero-order valence-corrected chi connectivity index (χ0v) is 9.51. The van der Waals surface area contributed by atoms with Crippen LogP contribution in [0.15, 0.2) is 35.9 Å². The van der Waals surface area contributed by atoms with Gasteiger partial charge >= 0.3 is 0 Å². The van der Waals surface area contributed by atoms with E-state index in [2.05, 4.69) is 0 Å². The first-order valence-corrected chi connectivity index (χ1v) is 5.57. The average Bonchev–Trinajstić information content (AvgIpc) is 2.84. The number of hydrazine groups is 1. The van der Waals surface area contributed by atoms with E-state index in [1.54, 1.807) is 29.3 Å². The number of carbonyl (C=O) groups is 2. The molecule has 17 heavy (non-hydrogen) atoms. The summed E-state index contributed by atoms with van der Waals surface area (Å²) >= 11 is 0. The molecule has 1 aromatic carbocycles. The van der Waals surface area contributed by atoms with E-state index in [1.165, 1.54) is 10.6 Å². The van der Waals surface area contributed by atoms with Gasteiger partial charge in [-0.15, -0.1) is 0 Å². The third-order valence-electron chi connectivity index (χ3n) is 3.14. The zero-order chi connectivity index (χ0) is 12.0. The van der Waals surface area contributed by atoms with E-state index in [0.29, 0.717) is 24.2 Å². The second-order valence-electron chi connectivity index (χ2n) is 4.37. The third kappa shape index (κ3) is 1.41. The SMILES string of the molecule is CC1=CCN(N2C(=O)c3ccccc3C2=O)C1. The lowest BCUT2D eigenvalue weighted by Gasteiger charge is -2.25. The lowest BCUT2D eigenvalue weighted by Crippen LogP contribution is -2.45. The molecule has 86 valence electrons. The molecule has 0 atom stereocenters. The topological polar surface area (TPSA) is 40.6 Å². The van der Waals surface area contributed by atoms with Crippen LogP contribution < -0.4 is 0 Å². The van der Waals surface area contributed by atoms with Gasteiger partial charge in [-0.2, -0.15) is 0 Å². The molecule has 0 spiro atoms. The lowest BCUT2D eigenvalue weighted by atomic mass is 10.1. The van der Waals surface area contributed by atoms with Gasteiger partial charge < -0.3 is 0 Å². The van der Waals surface area contributed by atoms with Crippen molar-refractivity contribution in [2.45, 2.75) is 6.92 Å². The van der Waals surface area contributed by atoms with Gasteiger partial charge in [0.05, 0.1) is 11.1 Å². The highest BCUT2D eigenvalue weighted by Crippen LogP contribution is 2.25. The van der Waals surface area contributed by atoms with Crippen molar-refractivity contribution in [1.82, 2.24) is 10.0 Å². The van der Waals surface area contributed by atoms with Crippen LogP contribution in [0.3, 0.4) is 0 Å². The molecule has 0 radical (unpaired) electrons. The smallest absolute Gasteiger partial charge is 0.267 e. The molecule has 2 amide bonds. The second kappa shape index (κ2) is 3.53. The van der Waals surface area contributed by atoms with Crippen molar-refractivity contribution in [3.63, 3.8) is 0 Å². The molecule has 2 heterocycles. The molecule has 2 aliphatic heterocycles. The van der Waals surface area contributed by atoms with Crippen molar-refractivity contribution in [1.29, 1.82) is 0 Å². The minimum atomic E-state index is -0.214. The molecular weight excluding hydrogens is 216 g/mol. The van der Waals surface area contributed by atoms with Gasteiger partial charge in [0.25, 0.3) is 11.8 Å². The Morgan fingerprint density at radius 2 is 1.65 bits per heavy atom. The molecule has 0 saturated heterocycles. The van der Waals surface area contributed by atoms with Gasteiger partial charge in [-0.25, -0.2) is 10.0 Å². The Bertz CT molecular complexity index is 513. The Morgan fingerprint density at radius 3 is 2.12 bits per heavy atom. The van der Waals surface area contributed by atoms with Crippen molar-refractivity contribution >= 4 is 11.8 Å². The highest BCUT2D eigenvalue weighted by Gasteiger charge is 2.39. The summed E-state index contributed by atoms with van der Waals surface area (Å²) in [6.45, 7) is 3.26. The van der Waals surface area contributed by atoms with Crippen LogP contribution in [-0.4, -0.2) is 34.9 Å². The molecule has 0 N–H and O–H groups in total. The van der Waals surface area contributed by atoms with Crippen LogP contribution >= 0.6 is 0 Å². The first-order valence-electron chi connectivity index (χ1n) is 5.57. The van der Waals surface area contributed by atoms with Crippen molar-refractivity contribution in [3.8, 4) is 0 Å². The standard InChI is InChI=1S/C13H12N2O2/c1-9-6-7-14(8-9)15-12(16)10-4-2-3-5-11(10)13(15)17/h2-6H,7-8H2,1H3. The maximum atomic E-state index is 12.1. The van der Waals surface area contributed by atoms with Gasteiger partial charge in [0.2, 0.25) is 0 Å². The Hall–Kier alpha value is -1.94. The molecule has 1 aromatic rings. The van der Waals surface area contributed by atoms with E-state index < -0.39 is 0 Å². The summed E-state index contributed by atoms with van der Waals surface area (Å²) in [5, 5.41) is 3.04. The quantitative estimate of drug-likeness (QED) is 0.539. The Labute approximate surface area is 99.1 Å². The van der Waals surface area contributed by atoms with E-state index >= 15 is 0 Å². The highest BCUT2D eigenvalue weighted by molar-refractivity contribution is 6.20. The van der Waals surface area contributed by atoms with E-state index in [0.717, 1.165) is 0 Å². The third-order valence-corrected chi connectivity index (χ3v) is 3.14. The van der Waals surface area contributed by atoms with Crippen molar-refractivity contribution < 1.29 is 9.59 Å². The molecule has 3 rings (SSSR count). The van der Waals surface area contributed by atoms with E-state index in [4.69, 9.17) is 0 Å². The maximum Gasteiger partial charge on any atom is 0.276 e. The van der Waals surface area contributed by atoms with Crippen molar-refractivity contribution in [2.75, 3.05) is 13.1 Å². The minimum Gasteiger partial charge on any atom is -0.267 e. The van der Waals surface area contributed by atoms with Gasteiger partial charge in [-0.3, -0.25) is 9.59 Å². The molecule has 4 heteroatoms. The molecule has 0 fully saturated rings. The summed E-state index contributed by atoms with van der Waals surface area (Å²) in [4.78, 5) is 24.3. The number of benzene rings is 1. The first kappa shape index (κ1) is 10.2. The predicted molar refractivity (Wildman–Crippen MR) is 62.3 cm³/mol. The fraction of sp³-hybridized carbons (Fsp3) is 0.231. The molecule has 0 aromatic heterocycles. The van der Waals surface area contributed by atoms with Crippen LogP contribution in [0.1, 0.15) is 27.6 Å². The van der Waals surface area contributed by atoms with Crippen molar-refractivity contribution in [2.24, 2.45) is 0 Å². The molecule has 0 bridgehead atoms. The van der Waals surface area contributed by atoms with Crippen LogP contribution in [0.25, 0.3) is 0 Å². The Morgan fingerprint density at radius 1 is 1.06 bits per heavy atom. The van der Waals surface area contributed by atoms with Crippen LogP contribution in [0.2, 0.25) is 0 Å². The average molecular weight is 228 g/mol. The maximum absolute atomic E-state index is 12.1. The van der Waals surface area contributed by atoms with Gasteiger partial charge in [0.1, 0.15) is 0 Å². The number of imide groups is 1. The van der Waals surface area contributed by atoms with Crippen molar-refractivity contribution in [3.05, 3.63) is 47.0 Å². The van der Waals surface area contributed by atoms with Crippen LogP contribution in [0.4, 0.5) is 0 Å². The van der Waals surface area contributed by atoms with Crippen LogP contribution in [-0.2, 0) is 0 Å². The van der Waals surface area contributed by atoms with E-state index in [9.17, 15) is 9.59 Å². The fourth-order valence-electron chi connectivity index (χ4n) is 2.26. The molecule has 0 aliphatic carbocycles. The molecule has 2 aliphatic rings. The number of fused-ring (bicyclic) bond motifs is 1. The first-order chi connectivity index (χ1) is 8.18. The Kier molecular flexibility index (Phi) is 2.12. The van der Waals surface area contributed by atoms with Gasteiger partial charge in [0.15, 0.2) is 0 Å². The minimum absolute atomic E-state index is 0.214. The number of hydrogen-bond donors (Lipinski definition) is 0. The van der Waals surface area contributed by atoms with Gasteiger partial charge in [0, 0.05) is 13.1 Å². The number of nitrogens with zero attached hydrogens (tertiary/aromatic N) is 2. The lowest BCUT2D eigenvalue weighted by molar-refractivity contribution is 0.0140. The molecule has 0 saturated carbocycles. The summed E-state index contributed by atoms with van der Waals surface area (Å²) in [6.07, 6.45) is 2.03. The normalized spacial score (nSPS) is 19.8. The summed E-state index contributed by atoms with van der Waals surface area (Å²) in [5.74, 6) is -0.428. The number of amides is 2. The largest absolute Gasteiger partial charge is 0.276 e.